The number of halogens is 1. The van der Waals surface area contributed by atoms with E-state index in [9.17, 15) is 9.59 Å². The highest BCUT2D eigenvalue weighted by atomic mass is 35.5. The molecule has 0 saturated carbocycles. The number of hydrogen-bond acceptors (Lipinski definition) is 3. The second kappa shape index (κ2) is 7.59. The highest BCUT2D eigenvalue weighted by molar-refractivity contribution is 6.31. The molecule has 2 amide bonds. The van der Waals surface area contributed by atoms with E-state index in [-0.39, 0.29) is 6.54 Å². The van der Waals surface area contributed by atoms with Crippen LogP contribution in [-0.4, -0.2) is 30.3 Å². The number of carboxylic acid groups (broad SMARTS) is 1. The van der Waals surface area contributed by atoms with Crippen LogP contribution in [0.3, 0.4) is 0 Å². The summed E-state index contributed by atoms with van der Waals surface area (Å²) in [7, 11) is 1.51. The predicted octanol–water partition coefficient (Wildman–Crippen LogP) is 2.01. The summed E-state index contributed by atoms with van der Waals surface area (Å²) in [5, 5.41) is 14.2. The third kappa shape index (κ3) is 4.31. The van der Waals surface area contributed by atoms with Gasteiger partial charge in [0.1, 0.15) is 11.8 Å². The van der Waals surface area contributed by atoms with Crippen LogP contribution in [0.15, 0.2) is 18.2 Å². The molecule has 0 aliphatic carbocycles. The van der Waals surface area contributed by atoms with Crippen molar-refractivity contribution in [2.75, 3.05) is 7.11 Å². The fraction of sp³-hybridized carbons (Fsp3) is 0.385. The normalized spacial score (nSPS) is 11.6. The first-order chi connectivity index (χ1) is 9.49. The number of aliphatic carboxylic acids is 1. The smallest absolute Gasteiger partial charge is 0.326 e. The fourth-order valence-electron chi connectivity index (χ4n) is 1.62. The van der Waals surface area contributed by atoms with Gasteiger partial charge < -0.3 is 20.5 Å². The molecule has 1 aromatic rings. The summed E-state index contributed by atoms with van der Waals surface area (Å²) in [6.07, 6.45) is 0.304. The van der Waals surface area contributed by atoms with E-state index in [1.54, 1.807) is 25.1 Å². The average molecular weight is 301 g/mol. The maximum absolute atomic E-state index is 11.6. The minimum absolute atomic E-state index is 0.144. The van der Waals surface area contributed by atoms with Crippen LogP contribution in [-0.2, 0) is 11.3 Å². The Morgan fingerprint density at radius 3 is 2.70 bits per heavy atom. The lowest BCUT2D eigenvalue weighted by molar-refractivity contribution is -0.139. The van der Waals surface area contributed by atoms with Crippen LogP contribution in [0.2, 0.25) is 5.02 Å². The molecular weight excluding hydrogens is 284 g/mol. The zero-order valence-electron chi connectivity index (χ0n) is 11.3. The minimum Gasteiger partial charge on any atom is -0.496 e. The number of urea groups is 1. The maximum Gasteiger partial charge on any atom is 0.326 e. The number of benzene rings is 1. The Balaban J connectivity index is 2.63. The van der Waals surface area contributed by atoms with Crippen molar-refractivity contribution in [2.24, 2.45) is 0 Å². The van der Waals surface area contributed by atoms with Crippen molar-refractivity contribution in [1.29, 1.82) is 0 Å². The molecule has 0 heterocycles. The van der Waals surface area contributed by atoms with Crippen molar-refractivity contribution >= 4 is 23.6 Å². The van der Waals surface area contributed by atoms with Gasteiger partial charge >= 0.3 is 12.0 Å². The molecule has 0 saturated heterocycles. The molecule has 0 aliphatic heterocycles. The number of ether oxygens (including phenoxy) is 1. The minimum atomic E-state index is -1.07. The van der Waals surface area contributed by atoms with Crippen molar-refractivity contribution in [3.63, 3.8) is 0 Å². The Labute approximate surface area is 122 Å². The van der Waals surface area contributed by atoms with E-state index >= 15 is 0 Å². The summed E-state index contributed by atoms with van der Waals surface area (Å²) in [5.41, 5.74) is 0.634. The van der Waals surface area contributed by atoms with Gasteiger partial charge in [-0.15, -0.1) is 0 Å². The zero-order valence-corrected chi connectivity index (χ0v) is 12.0. The third-order valence-electron chi connectivity index (χ3n) is 2.73. The van der Waals surface area contributed by atoms with E-state index in [0.717, 1.165) is 0 Å². The molecule has 20 heavy (non-hydrogen) atoms. The van der Waals surface area contributed by atoms with Crippen LogP contribution in [0.4, 0.5) is 4.79 Å². The Morgan fingerprint density at radius 1 is 1.45 bits per heavy atom. The standard InChI is InChI=1S/C13H17ClN2O4/c1-3-10(12(17)18)16-13(19)15-7-8-9(14)5-4-6-11(8)20-2/h4-6,10H,3,7H2,1-2H3,(H,17,18)(H2,15,16,19). The average Bonchev–Trinajstić information content (AvgIpc) is 2.42. The molecule has 6 nitrogen and oxygen atoms in total. The summed E-state index contributed by atoms with van der Waals surface area (Å²) < 4.78 is 5.15. The lowest BCUT2D eigenvalue weighted by Crippen LogP contribution is -2.45. The van der Waals surface area contributed by atoms with Crippen LogP contribution < -0.4 is 15.4 Å². The van der Waals surface area contributed by atoms with E-state index in [1.807, 2.05) is 0 Å². The Kier molecular flexibility index (Phi) is 6.11. The summed E-state index contributed by atoms with van der Waals surface area (Å²) in [5.74, 6) is -0.513. The van der Waals surface area contributed by atoms with Gasteiger partial charge in [0.25, 0.3) is 0 Å². The van der Waals surface area contributed by atoms with Crippen molar-refractivity contribution in [3.8, 4) is 5.75 Å². The van der Waals surface area contributed by atoms with Crippen molar-refractivity contribution in [2.45, 2.75) is 25.9 Å². The van der Waals surface area contributed by atoms with E-state index < -0.39 is 18.0 Å². The highest BCUT2D eigenvalue weighted by Crippen LogP contribution is 2.25. The SMILES string of the molecule is CCC(NC(=O)NCc1c(Cl)cccc1OC)C(=O)O. The van der Waals surface area contributed by atoms with Crippen molar-refractivity contribution in [1.82, 2.24) is 10.6 Å². The molecule has 0 aliphatic rings. The number of carbonyl (C=O) groups is 2. The van der Waals surface area contributed by atoms with Crippen LogP contribution in [0.5, 0.6) is 5.75 Å². The molecule has 0 aromatic heterocycles. The summed E-state index contributed by atoms with van der Waals surface area (Å²) in [6, 6.07) is 3.67. The maximum atomic E-state index is 11.6. The molecule has 0 fully saturated rings. The number of rotatable bonds is 6. The van der Waals surface area contributed by atoms with Crippen LogP contribution >= 0.6 is 11.6 Å². The lowest BCUT2D eigenvalue weighted by Gasteiger charge is -2.15. The Morgan fingerprint density at radius 2 is 2.15 bits per heavy atom. The quantitative estimate of drug-likeness (QED) is 0.750. The van der Waals surface area contributed by atoms with Gasteiger partial charge in [-0.3, -0.25) is 0 Å². The molecule has 1 rings (SSSR count). The molecule has 1 atom stereocenters. The van der Waals surface area contributed by atoms with E-state index in [2.05, 4.69) is 10.6 Å². The van der Waals surface area contributed by atoms with Gasteiger partial charge in [0.05, 0.1) is 7.11 Å². The van der Waals surface area contributed by atoms with E-state index in [1.165, 1.54) is 7.11 Å². The van der Waals surface area contributed by atoms with Gasteiger partial charge in [0.15, 0.2) is 0 Å². The van der Waals surface area contributed by atoms with Gasteiger partial charge in [-0.1, -0.05) is 24.6 Å². The summed E-state index contributed by atoms with van der Waals surface area (Å²) in [6.45, 7) is 1.82. The summed E-state index contributed by atoms with van der Waals surface area (Å²) in [4.78, 5) is 22.4. The molecular formula is C13H17ClN2O4. The van der Waals surface area contributed by atoms with Gasteiger partial charge in [-0.25, -0.2) is 9.59 Å². The van der Waals surface area contributed by atoms with Crippen molar-refractivity contribution < 1.29 is 19.4 Å². The summed E-state index contributed by atoms with van der Waals surface area (Å²) >= 11 is 6.03. The molecule has 0 radical (unpaired) electrons. The molecule has 110 valence electrons. The van der Waals surface area contributed by atoms with Gasteiger partial charge in [-0.2, -0.15) is 0 Å². The number of nitrogens with one attached hydrogen (secondary N) is 2. The first-order valence-electron chi connectivity index (χ1n) is 6.08. The lowest BCUT2D eigenvalue weighted by atomic mass is 10.2. The van der Waals surface area contributed by atoms with Crippen LogP contribution in [0.25, 0.3) is 0 Å². The topological polar surface area (TPSA) is 87.7 Å². The molecule has 7 heteroatoms. The monoisotopic (exact) mass is 300 g/mol. The van der Waals surface area contributed by atoms with Crippen LogP contribution in [0.1, 0.15) is 18.9 Å². The number of carboxylic acids is 1. The highest BCUT2D eigenvalue weighted by Gasteiger charge is 2.17. The van der Waals surface area contributed by atoms with E-state index in [4.69, 9.17) is 21.4 Å². The first-order valence-corrected chi connectivity index (χ1v) is 6.46. The van der Waals surface area contributed by atoms with Crippen LogP contribution in [0, 0.1) is 0 Å². The molecule has 3 N–H and O–H groups in total. The Hall–Kier alpha value is -1.95. The van der Waals surface area contributed by atoms with Crippen molar-refractivity contribution in [3.05, 3.63) is 28.8 Å². The molecule has 1 unspecified atom stereocenters. The second-order valence-electron chi connectivity index (χ2n) is 4.05. The predicted molar refractivity (Wildman–Crippen MR) is 75.1 cm³/mol. The number of hydrogen-bond donors (Lipinski definition) is 3. The van der Waals surface area contributed by atoms with Gasteiger partial charge in [0, 0.05) is 17.1 Å². The molecule has 1 aromatic carbocycles. The number of amides is 2. The fourth-order valence-corrected chi connectivity index (χ4v) is 1.85. The Bertz CT molecular complexity index is 493. The van der Waals surface area contributed by atoms with Gasteiger partial charge in [0.2, 0.25) is 0 Å². The second-order valence-corrected chi connectivity index (χ2v) is 4.45. The zero-order chi connectivity index (χ0) is 15.1. The molecule has 0 bridgehead atoms. The number of carbonyl (C=O) groups excluding carboxylic acids is 1. The van der Waals surface area contributed by atoms with Gasteiger partial charge in [-0.05, 0) is 18.6 Å². The third-order valence-corrected chi connectivity index (χ3v) is 3.09. The number of methoxy groups -OCH3 is 1. The molecule has 0 spiro atoms. The van der Waals surface area contributed by atoms with E-state index in [0.29, 0.717) is 22.8 Å². The first kappa shape index (κ1) is 16.1. The largest absolute Gasteiger partial charge is 0.496 e.